The van der Waals surface area contributed by atoms with Crippen LogP contribution >= 0.6 is 0 Å². The van der Waals surface area contributed by atoms with Crippen LogP contribution in [0.15, 0.2) is 54.6 Å². The highest BCUT2D eigenvalue weighted by Gasteiger charge is 2.62. The maximum atomic E-state index is 12.3. The number of carbonyl (C=O) groups is 2. The Hall–Kier alpha value is -2.82. The lowest BCUT2D eigenvalue weighted by Crippen LogP contribution is -2.44. The maximum absolute atomic E-state index is 12.3. The summed E-state index contributed by atoms with van der Waals surface area (Å²) in [7, 11) is 0. The first-order valence-corrected chi connectivity index (χ1v) is 6.93. The number of hydrogen-bond acceptors (Lipinski definition) is 3. The van der Waals surface area contributed by atoms with Crippen molar-refractivity contribution in [2.24, 2.45) is 0 Å². The highest BCUT2D eigenvalue weighted by atomic mass is 16.4. The van der Waals surface area contributed by atoms with Crippen LogP contribution in [-0.2, 0) is 4.79 Å². The Kier molecular flexibility index (Phi) is 3.33. The molecule has 1 fully saturated rings. The predicted octanol–water partition coefficient (Wildman–Crippen LogP) is 2.13. The number of aliphatic carboxylic acids is 1. The lowest BCUT2D eigenvalue weighted by molar-refractivity contribution is -0.140. The van der Waals surface area contributed by atoms with Gasteiger partial charge >= 0.3 is 5.97 Å². The van der Waals surface area contributed by atoms with E-state index in [4.69, 9.17) is 0 Å². The van der Waals surface area contributed by atoms with Crippen LogP contribution in [0, 0.1) is 0 Å². The van der Waals surface area contributed by atoms with Crippen LogP contribution in [0.3, 0.4) is 0 Å². The molecule has 2 atom stereocenters. The summed E-state index contributed by atoms with van der Waals surface area (Å²) in [4.78, 5) is 23.9. The van der Waals surface area contributed by atoms with E-state index in [1.807, 2.05) is 30.3 Å². The summed E-state index contributed by atoms with van der Waals surface area (Å²) in [6.45, 7) is 0. The molecule has 1 saturated carbocycles. The van der Waals surface area contributed by atoms with Gasteiger partial charge < -0.3 is 15.5 Å². The summed E-state index contributed by atoms with van der Waals surface area (Å²) < 4.78 is 0. The summed E-state index contributed by atoms with van der Waals surface area (Å²) in [5, 5.41) is 21.8. The second-order valence-electron chi connectivity index (χ2n) is 5.42. The fraction of sp³-hybridized carbons (Fsp3) is 0.176. The summed E-state index contributed by atoms with van der Waals surface area (Å²) >= 11 is 0. The number of phenols is 1. The van der Waals surface area contributed by atoms with Crippen molar-refractivity contribution in [1.29, 1.82) is 0 Å². The molecule has 0 aliphatic heterocycles. The third kappa shape index (κ3) is 2.30. The molecule has 5 nitrogen and oxygen atoms in total. The Morgan fingerprint density at radius 1 is 1.05 bits per heavy atom. The van der Waals surface area contributed by atoms with E-state index in [1.165, 1.54) is 12.1 Å². The van der Waals surface area contributed by atoms with Gasteiger partial charge in [0.2, 0.25) is 0 Å². The molecule has 22 heavy (non-hydrogen) atoms. The zero-order chi connectivity index (χ0) is 15.7. The van der Waals surface area contributed by atoms with E-state index in [9.17, 15) is 19.8 Å². The highest BCUT2D eigenvalue weighted by Crippen LogP contribution is 2.51. The molecule has 2 aromatic rings. The normalized spacial score (nSPS) is 22.8. The van der Waals surface area contributed by atoms with Gasteiger partial charge in [-0.25, -0.2) is 4.79 Å². The number of phenolic OH excluding ortho intramolecular Hbond substituents is 1. The molecule has 0 saturated heterocycles. The molecule has 0 aromatic heterocycles. The Morgan fingerprint density at radius 3 is 2.32 bits per heavy atom. The second-order valence-corrected chi connectivity index (χ2v) is 5.42. The fourth-order valence-corrected chi connectivity index (χ4v) is 2.71. The minimum absolute atomic E-state index is 0.0711. The minimum Gasteiger partial charge on any atom is -0.507 e. The topological polar surface area (TPSA) is 86.6 Å². The predicted molar refractivity (Wildman–Crippen MR) is 79.7 cm³/mol. The Balaban J connectivity index is 1.85. The summed E-state index contributed by atoms with van der Waals surface area (Å²) in [5.41, 5.74) is -0.356. The first-order valence-electron chi connectivity index (χ1n) is 6.93. The van der Waals surface area contributed by atoms with E-state index >= 15 is 0 Å². The number of benzene rings is 2. The SMILES string of the molecule is O=C(NC1(C(=O)O)CC1c1ccccc1)c1ccccc1O. The smallest absolute Gasteiger partial charge is 0.330 e. The Morgan fingerprint density at radius 2 is 1.68 bits per heavy atom. The van der Waals surface area contributed by atoms with Gasteiger partial charge in [0, 0.05) is 5.92 Å². The van der Waals surface area contributed by atoms with Gasteiger partial charge in [0.15, 0.2) is 0 Å². The molecule has 3 rings (SSSR count). The number of carbonyl (C=O) groups excluding carboxylic acids is 1. The minimum atomic E-state index is -1.30. The number of aromatic hydroxyl groups is 1. The van der Waals surface area contributed by atoms with Crippen LogP contribution < -0.4 is 5.32 Å². The molecule has 0 spiro atoms. The van der Waals surface area contributed by atoms with Gasteiger partial charge in [0.25, 0.3) is 5.91 Å². The number of hydrogen-bond donors (Lipinski definition) is 3. The number of amides is 1. The number of para-hydroxylation sites is 1. The number of carboxylic acids is 1. The number of nitrogens with one attached hydrogen (secondary N) is 1. The van der Waals surface area contributed by atoms with Crippen molar-refractivity contribution in [3.05, 3.63) is 65.7 Å². The van der Waals surface area contributed by atoms with Crippen LogP contribution in [0.2, 0.25) is 0 Å². The molecule has 5 heteroatoms. The summed E-state index contributed by atoms with van der Waals surface area (Å²) in [6, 6.07) is 15.3. The van der Waals surface area contributed by atoms with Crippen LogP contribution in [0.4, 0.5) is 0 Å². The van der Waals surface area contributed by atoms with Gasteiger partial charge in [-0.1, -0.05) is 42.5 Å². The van der Waals surface area contributed by atoms with Crippen molar-refractivity contribution < 1.29 is 19.8 Å². The molecule has 0 heterocycles. The third-order valence-corrected chi connectivity index (χ3v) is 4.03. The standard InChI is InChI=1S/C17H15NO4/c19-14-9-5-4-8-12(14)15(20)18-17(16(21)22)10-13(17)11-6-2-1-3-7-11/h1-9,13,19H,10H2,(H,18,20)(H,21,22). The van der Waals surface area contributed by atoms with E-state index in [-0.39, 0.29) is 17.2 Å². The van der Waals surface area contributed by atoms with Crippen molar-refractivity contribution in [2.75, 3.05) is 0 Å². The monoisotopic (exact) mass is 297 g/mol. The molecule has 1 aliphatic carbocycles. The van der Waals surface area contributed by atoms with Crippen molar-refractivity contribution in [3.63, 3.8) is 0 Å². The maximum Gasteiger partial charge on any atom is 0.330 e. The molecule has 112 valence electrons. The van der Waals surface area contributed by atoms with Gasteiger partial charge in [-0.15, -0.1) is 0 Å². The first kappa shape index (κ1) is 14.1. The lowest BCUT2D eigenvalue weighted by atomic mass is 10.1. The van der Waals surface area contributed by atoms with Crippen molar-refractivity contribution >= 4 is 11.9 Å². The third-order valence-electron chi connectivity index (χ3n) is 4.03. The molecular weight excluding hydrogens is 282 g/mol. The number of rotatable bonds is 4. The van der Waals surface area contributed by atoms with E-state index in [2.05, 4.69) is 5.32 Å². The largest absolute Gasteiger partial charge is 0.507 e. The van der Waals surface area contributed by atoms with Crippen molar-refractivity contribution in [2.45, 2.75) is 17.9 Å². The first-order chi connectivity index (χ1) is 10.5. The van der Waals surface area contributed by atoms with Gasteiger partial charge in [-0.3, -0.25) is 4.79 Å². The van der Waals surface area contributed by atoms with E-state index < -0.39 is 17.4 Å². The fourth-order valence-electron chi connectivity index (χ4n) is 2.71. The van der Waals surface area contributed by atoms with Crippen LogP contribution in [-0.4, -0.2) is 27.6 Å². The van der Waals surface area contributed by atoms with Gasteiger partial charge in [-0.2, -0.15) is 0 Å². The zero-order valence-corrected chi connectivity index (χ0v) is 11.7. The highest BCUT2D eigenvalue weighted by molar-refractivity contribution is 6.01. The average molecular weight is 297 g/mol. The number of carboxylic acid groups (broad SMARTS) is 1. The van der Waals surface area contributed by atoms with Crippen LogP contribution in [0.25, 0.3) is 0 Å². The van der Waals surface area contributed by atoms with E-state index in [0.717, 1.165) is 5.56 Å². The van der Waals surface area contributed by atoms with Crippen LogP contribution in [0.1, 0.15) is 28.3 Å². The quantitative estimate of drug-likeness (QED) is 0.807. The molecule has 0 radical (unpaired) electrons. The van der Waals surface area contributed by atoms with Gasteiger partial charge in [0.05, 0.1) is 5.56 Å². The molecular formula is C17H15NO4. The molecule has 1 aliphatic rings. The van der Waals surface area contributed by atoms with Crippen molar-refractivity contribution in [3.8, 4) is 5.75 Å². The Bertz CT molecular complexity index is 728. The molecule has 0 bridgehead atoms. The molecule has 1 amide bonds. The van der Waals surface area contributed by atoms with E-state index in [0.29, 0.717) is 6.42 Å². The van der Waals surface area contributed by atoms with Gasteiger partial charge in [-0.05, 0) is 24.1 Å². The zero-order valence-electron chi connectivity index (χ0n) is 11.7. The molecule has 3 N–H and O–H groups in total. The molecule has 2 aromatic carbocycles. The second kappa shape index (κ2) is 5.18. The average Bonchev–Trinajstić information content (AvgIpc) is 3.24. The van der Waals surface area contributed by atoms with Crippen molar-refractivity contribution in [1.82, 2.24) is 5.32 Å². The van der Waals surface area contributed by atoms with Gasteiger partial charge in [0.1, 0.15) is 11.3 Å². The summed E-state index contributed by atoms with van der Waals surface area (Å²) in [6.07, 6.45) is 0.339. The lowest BCUT2D eigenvalue weighted by Gasteiger charge is -2.15. The summed E-state index contributed by atoms with van der Waals surface area (Å²) in [5.74, 6) is -2.08. The van der Waals surface area contributed by atoms with E-state index in [1.54, 1.807) is 12.1 Å². The molecule has 2 unspecified atom stereocenters. The van der Waals surface area contributed by atoms with Crippen LogP contribution in [0.5, 0.6) is 5.75 Å². The Labute approximate surface area is 127 Å².